The lowest BCUT2D eigenvalue weighted by molar-refractivity contribution is -0.179. The van der Waals surface area contributed by atoms with Crippen molar-refractivity contribution in [2.45, 2.75) is 31.5 Å². The van der Waals surface area contributed by atoms with Crippen LogP contribution in [0.3, 0.4) is 0 Å². The van der Waals surface area contributed by atoms with Crippen LogP contribution in [0.2, 0.25) is 0 Å². The molecule has 0 atom stereocenters. The summed E-state index contributed by atoms with van der Waals surface area (Å²) in [5.41, 5.74) is -0.123. The summed E-state index contributed by atoms with van der Waals surface area (Å²) in [6.45, 7) is 4.82. The first kappa shape index (κ1) is 18.5. The predicted octanol–water partition coefficient (Wildman–Crippen LogP) is -0.324. The molecule has 140 valence electrons. The van der Waals surface area contributed by atoms with E-state index in [2.05, 4.69) is 10.0 Å². The van der Waals surface area contributed by atoms with Crippen molar-refractivity contribution < 1.29 is 22.6 Å². The van der Waals surface area contributed by atoms with Gasteiger partial charge in [0.1, 0.15) is 0 Å². The lowest BCUT2D eigenvalue weighted by Gasteiger charge is -2.39. The summed E-state index contributed by atoms with van der Waals surface area (Å²) >= 11 is 0. The zero-order valence-electron chi connectivity index (χ0n) is 14.4. The van der Waals surface area contributed by atoms with E-state index in [9.17, 15) is 8.42 Å². The fourth-order valence-corrected chi connectivity index (χ4v) is 5.16. The van der Waals surface area contributed by atoms with Gasteiger partial charge >= 0.3 is 0 Å². The average Bonchev–Trinajstić information content (AvgIpc) is 3.03. The fourth-order valence-electron chi connectivity index (χ4n) is 3.82. The first-order valence-electron chi connectivity index (χ1n) is 8.72. The van der Waals surface area contributed by atoms with Crippen LogP contribution in [0, 0.1) is 5.41 Å². The minimum Gasteiger partial charge on any atom is -0.384 e. The second-order valence-electron chi connectivity index (χ2n) is 7.02. The van der Waals surface area contributed by atoms with Crippen molar-refractivity contribution >= 4 is 10.2 Å². The maximum Gasteiger partial charge on any atom is 0.279 e. The van der Waals surface area contributed by atoms with Gasteiger partial charge in [0.15, 0.2) is 5.79 Å². The van der Waals surface area contributed by atoms with E-state index in [0.717, 1.165) is 25.9 Å². The number of rotatable bonds is 6. The summed E-state index contributed by atoms with van der Waals surface area (Å²) < 4.78 is 46.3. The summed E-state index contributed by atoms with van der Waals surface area (Å²) in [6.07, 6.45) is 2.99. The Bertz CT molecular complexity index is 500. The molecule has 0 aliphatic carbocycles. The van der Waals surface area contributed by atoms with Gasteiger partial charge in [-0.25, -0.2) is 4.72 Å². The highest BCUT2D eigenvalue weighted by Crippen LogP contribution is 2.32. The van der Waals surface area contributed by atoms with Gasteiger partial charge in [-0.1, -0.05) is 0 Å². The van der Waals surface area contributed by atoms with Crippen LogP contribution in [-0.4, -0.2) is 78.2 Å². The van der Waals surface area contributed by atoms with Crippen LogP contribution in [0.5, 0.6) is 0 Å². The molecule has 0 radical (unpaired) electrons. The largest absolute Gasteiger partial charge is 0.384 e. The van der Waals surface area contributed by atoms with E-state index in [1.807, 2.05) is 0 Å². The molecular weight excluding hydrogens is 334 g/mol. The molecule has 0 unspecified atom stereocenters. The van der Waals surface area contributed by atoms with Crippen LogP contribution in [-0.2, 0) is 24.4 Å². The molecule has 9 heteroatoms. The van der Waals surface area contributed by atoms with Gasteiger partial charge in [0.25, 0.3) is 10.2 Å². The Hall–Kier alpha value is -0.290. The van der Waals surface area contributed by atoms with Crippen LogP contribution in [0.25, 0.3) is 0 Å². The van der Waals surface area contributed by atoms with Crippen LogP contribution < -0.4 is 10.0 Å². The van der Waals surface area contributed by atoms with Gasteiger partial charge < -0.3 is 19.5 Å². The Balaban J connectivity index is 1.55. The van der Waals surface area contributed by atoms with E-state index in [1.54, 1.807) is 7.11 Å². The maximum absolute atomic E-state index is 12.7. The highest BCUT2D eigenvalue weighted by molar-refractivity contribution is 7.87. The van der Waals surface area contributed by atoms with Gasteiger partial charge in [-0.15, -0.1) is 0 Å². The van der Waals surface area contributed by atoms with Crippen molar-refractivity contribution in [3.8, 4) is 0 Å². The standard InChI is InChI=1S/C15H29N3O5S/c1-21-13-14(2-6-16-7-3-14)12-17-24(19,20)18-8-4-15(5-9-18)22-10-11-23-15/h16-17H,2-13H2,1H3. The number of ether oxygens (including phenoxy) is 3. The van der Waals surface area contributed by atoms with Gasteiger partial charge in [-0.2, -0.15) is 12.7 Å². The second kappa shape index (κ2) is 7.53. The van der Waals surface area contributed by atoms with Crippen LogP contribution >= 0.6 is 0 Å². The first-order chi connectivity index (χ1) is 11.5. The van der Waals surface area contributed by atoms with Gasteiger partial charge in [0, 0.05) is 45.0 Å². The molecular formula is C15H29N3O5S. The SMILES string of the molecule is COCC1(CNS(=O)(=O)N2CCC3(CC2)OCCO3)CCNCC1. The molecule has 0 bridgehead atoms. The van der Waals surface area contributed by atoms with Gasteiger partial charge in [-0.3, -0.25) is 0 Å². The minimum absolute atomic E-state index is 0.123. The summed E-state index contributed by atoms with van der Waals surface area (Å²) in [5.74, 6) is -0.557. The molecule has 0 saturated carbocycles. The van der Waals surface area contributed by atoms with Crippen molar-refractivity contribution in [3.63, 3.8) is 0 Å². The first-order valence-corrected chi connectivity index (χ1v) is 10.2. The van der Waals surface area contributed by atoms with Gasteiger partial charge in [0.2, 0.25) is 0 Å². The summed E-state index contributed by atoms with van der Waals surface area (Å²) in [6, 6.07) is 0. The Morgan fingerprint density at radius 1 is 1.12 bits per heavy atom. The van der Waals surface area contributed by atoms with Crippen LogP contribution in [0.4, 0.5) is 0 Å². The molecule has 8 nitrogen and oxygen atoms in total. The number of hydrogen-bond acceptors (Lipinski definition) is 6. The van der Waals surface area contributed by atoms with Crippen molar-refractivity contribution in [2.24, 2.45) is 5.41 Å². The molecule has 3 rings (SSSR count). The molecule has 3 heterocycles. The lowest BCUT2D eigenvalue weighted by atomic mass is 9.80. The van der Waals surface area contributed by atoms with Gasteiger partial charge in [0.05, 0.1) is 19.8 Å². The lowest BCUT2D eigenvalue weighted by Crippen LogP contribution is -2.53. The molecule has 24 heavy (non-hydrogen) atoms. The summed E-state index contributed by atoms with van der Waals surface area (Å²) in [4.78, 5) is 0. The monoisotopic (exact) mass is 363 g/mol. The van der Waals surface area contributed by atoms with Crippen LogP contribution in [0.1, 0.15) is 25.7 Å². The van der Waals surface area contributed by atoms with Crippen LogP contribution in [0.15, 0.2) is 0 Å². The number of piperidine rings is 2. The number of methoxy groups -OCH3 is 1. The van der Waals surface area contributed by atoms with E-state index >= 15 is 0 Å². The Morgan fingerprint density at radius 3 is 2.33 bits per heavy atom. The van der Waals surface area contributed by atoms with Crippen molar-refractivity contribution in [1.82, 2.24) is 14.3 Å². The Kier molecular flexibility index (Phi) is 5.80. The predicted molar refractivity (Wildman–Crippen MR) is 88.8 cm³/mol. The molecule has 2 N–H and O–H groups in total. The molecule has 3 aliphatic heterocycles. The molecule has 3 aliphatic rings. The van der Waals surface area contributed by atoms with Crippen molar-refractivity contribution in [2.75, 3.05) is 59.7 Å². The fraction of sp³-hybridized carbons (Fsp3) is 1.00. The molecule has 3 saturated heterocycles. The Labute approximate surface area is 144 Å². The van der Waals surface area contributed by atoms with E-state index in [1.165, 1.54) is 4.31 Å². The van der Waals surface area contributed by atoms with E-state index in [0.29, 0.717) is 52.3 Å². The highest BCUT2D eigenvalue weighted by atomic mass is 32.2. The third-order valence-electron chi connectivity index (χ3n) is 5.38. The maximum atomic E-state index is 12.7. The van der Waals surface area contributed by atoms with E-state index < -0.39 is 16.0 Å². The minimum atomic E-state index is -3.49. The highest BCUT2D eigenvalue weighted by Gasteiger charge is 2.43. The molecule has 0 aromatic heterocycles. The average molecular weight is 363 g/mol. The van der Waals surface area contributed by atoms with Crippen molar-refractivity contribution in [3.05, 3.63) is 0 Å². The Morgan fingerprint density at radius 2 is 1.75 bits per heavy atom. The van der Waals surface area contributed by atoms with Gasteiger partial charge in [-0.05, 0) is 25.9 Å². The second-order valence-corrected chi connectivity index (χ2v) is 8.77. The zero-order valence-corrected chi connectivity index (χ0v) is 15.2. The quantitative estimate of drug-likeness (QED) is 0.672. The third-order valence-corrected chi connectivity index (χ3v) is 6.94. The molecule has 0 amide bonds. The number of nitrogens with zero attached hydrogens (tertiary/aromatic N) is 1. The summed E-state index contributed by atoms with van der Waals surface area (Å²) in [5, 5.41) is 3.32. The van der Waals surface area contributed by atoms with E-state index in [4.69, 9.17) is 14.2 Å². The number of hydrogen-bond donors (Lipinski definition) is 2. The zero-order chi connectivity index (χ0) is 17.1. The third kappa shape index (κ3) is 4.09. The topological polar surface area (TPSA) is 89.1 Å². The van der Waals surface area contributed by atoms with Crippen molar-refractivity contribution in [1.29, 1.82) is 0 Å². The normalized spacial score (nSPS) is 27.5. The molecule has 0 aromatic rings. The number of nitrogens with one attached hydrogen (secondary N) is 2. The molecule has 1 spiro atoms. The van der Waals surface area contributed by atoms with E-state index in [-0.39, 0.29) is 5.41 Å². The summed E-state index contributed by atoms with van der Waals surface area (Å²) in [7, 11) is -1.82. The molecule has 3 fully saturated rings. The smallest absolute Gasteiger partial charge is 0.279 e. The molecule has 0 aromatic carbocycles.